The first-order valence-corrected chi connectivity index (χ1v) is 8.59. The Bertz CT molecular complexity index is 690. The van der Waals surface area contributed by atoms with Crippen molar-refractivity contribution in [2.75, 3.05) is 27.3 Å². The molecule has 1 aliphatic rings. The van der Waals surface area contributed by atoms with E-state index < -0.39 is 0 Å². The van der Waals surface area contributed by atoms with Gasteiger partial charge in [0.25, 0.3) is 0 Å². The van der Waals surface area contributed by atoms with Gasteiger partial charge in [0.1, 0.15) is 11.5 Å². The number of benzene rings is 1. The summed E-state index contributed by atoms with van der Waals surface area (Å²) in [6.45, 7) is 2.65. The molecule has 2 heterocycles. The van der Waals surface area contributed by atoms with Gasteiger partial charge in [0.2, 0.25) is 0 Å². The summed E-state index contributed by atoms with van der Waals surface area (Å²) in [5, 5.41) is 0. The van der Waals surface area contributed by atoms with E-state index in [2.05, 4.69) is 9.88 Å². The molecule has 0 N–H and O–H groups in total. The Hall–Kier alpha value is -2.40. The average molecular weight is 340 g/mol. The molecule has 0 aliphatic carbocycles. The fraction of sp³-hybridized carbons (Fsp3) is 0.400. The van der Waals surface area contributed by atoms with Crippen molar-refractivity contribution >= 4 is 5.78 Å². The Morgan fingerprint density at radius 2 is 1.68 bits per heavy atom. The zero-order valence-corrected chi connectivity index (χ0v) is 14.8. The number of Topliss-reactive ketones (excluding diaryl/α,β-unsaturated/α-hetero) is 1. The highest BCUT2D eigenvalue weighted by Gasteiger charge is 2.26. The monoisotopic (exact) mass is 340 g/mol. The summed E-state index contributed by atoms with van der Waals surface area (Å²) in [7, 11) is 3.27. The van der Waals surface area contributed by atoms with E-state index in [0.29, 0.717) is 0 Å². The van der Waals surface area contributed by atoms with Gasteiger partial charge < -0.3 is 9.47 Å². The van der Waals surface area contributed by atoms with Crippen LogP contribution in [-0.4, -0.2) is 43.0 Å². The minimum absolute atomic E-state index is 0.105. The van der Waals surface area contributed by atoms with Crippen molar-refractivity contribution in [2.45, 2.75) is 19.4 Å². The smallest absolute Gasteiger partial charge is 0.166 e. The summed E-state index contributed by atoms with van der Waals surface area (Å²) < 4.78 is 10.3. The third-order valence-electron chi connectivity index (χ3n) is 4.75. The summed E-state index contributed by atoms with van der Waals surface area (Å²) in [5.41, 5.74) is 1.80. The quantitative estimate of drug-likeness (QED) is 0.756. The zero-order chi connectivity index (χ0) is 17.6. The molecule has 0 atom stereocenters. The van der Waals surface area contributed by atoms with Crippen LogP contribution in [0.3, 0.4) is 0 Å². The molecule has 5 heteroatoms. The number of piperidine rings is 1. The molecule has 132 valence electrons. The van der Waals surface area contributed by atoms with Gasteiger partial charge in [0.15, 0.2) is 5.78 Å². The highest BCUT2D eigenvalue weighted by atomic mass is 16.5. The second-order valence-electron chi connectivity index (χ2n) is 6.33. The van der Waals surface area contributed by atoms with Gasteiger partial charge in [-0.3, -0.25) is 14.7 Å². The number of carbonyl (C=O) groups excluding carboxylic acids is 1. The third-order valence-corrected chi connectivity index (χ3v) is 4.75. The van der Waals surface area contributed by atoms with E-state index in [1.165, 1.54) is 0 Å². The fourth-order valence-corrected chi connectivity index (χ4v) is 3.20. The van der Waals surface area contributed by atoms with E-state index in [0.717, 1.165) is 55.2 Å². The lowest BCUT2D eigenvalue weighted by Crippen LogP contribution is -2.36. The molecule has 2 aromatic rings. The van der Waals surface area contributed by atoms with Crippen molar-refractivity contribution in [2.24, 2.45) is 5.92 Å². The Kier molecular flexibility index (Phi) is 5.66. The fourth-order valence-electron chi connectivity index (χ4n) is 3.20. The standard InChI is InChI=1S/C20H24N2O3/c1-24-18-6-3-15(4-7-18)20(23)16-9-11-22(12-10-16)14-17-5-8-19(25-2)13-21-17/h3-8,13,16H,9-12,14H2,1-2H3. The predicted molar refractivity (Wildman–Crippen MR) is 96.1 cm³/mol. The summed E-state index contributed by atoms with van der Waals surface area (Å²) in [4.78, 5) is 19.4. The van der Waals surface area contributed by atoms with Crippen molar-refractivity contribution < 1.29 is 14.3 Å². The number of pyridine rings is 1. The van der Waals surface area contributed by atoms with Gasteiger partial charge in [0, 0.05) is 18.0 Å². The Labute approximate surface area is 148 Å². The van der Waals surface area contributed by atoms with E-state index >= 15 is 0 Å². The van der Waals surface area contributed by atoms with Gasteiger partial charge in [-0.1, -0.05) is 0 Å². The summed E-state index contributed by atoms with van der Waals surface area (Å²) >= 11 is 0. The van der Waals surface area contributed by atoms with Crippen LogP contribution in [0.15, 0.2) is 42.6 Å². The normalized spacial score (nSPS) is 15.8. The van der Waals surface area contributed by atoms with Crippen LogP contribution in [0, 0.1) is 5.92 Å². The highest BCUT2D eigenvalue weighted by molar-refractivity contribution is 5.98. The number of rotatable bonds is 6. The molecular weight excluding hydrogens is 316 g/mol. The van der Waals surface area contributed by atoms with E-state index in [1.54, 1.807) is 20.4 Å². The maximum absolute atomic E-state index is 12.6. The van der Waals surface area contributed by atoms with Gasteiger partial charge in [-0.05, 0) is 62.3 Å². The molecule has 1 saturated heterocycles. The first-order valence-electron chi connectivity index (χ1n) is 8.59. The topological polar surface area (TPSA) is 51.7 Å². The lowest BCUT2D eigenvalue weighted by molar-refractivity contribution is 0.0834. The molecule has 0 unspecified atom stereocenters. The van der Waals surface area contributed by atoms with Crippen LogP contribution in [-0.2, 0) is 6.54 Å². The van der Waals surface area contributed by atoms with Gasteiger partial charge in [-0.15, -0.1) is 0 Å². The van der Waals surface area contributed by atoms with Crippen molar-refractivity contribution in [1.82, 2.24) is 9.88 Å². The van der Waals surface area contributed by atoms with Crippen LogP contribution < -0.4 is 9.47 Å². The first-order chi connectivity index (χ1) is 12.2. The molecule has 1 aromatic carbocycles. The molecule has 1 fully saturated rings. The Morgan fingerprint density at radius 3 is 2.24 bits per heavy atom. The molecule has 1 aromatic heterocycles. The molecule has 1 aliphatic heterocycles. The maximum atomic E-state index is 12.6. The molecule has 3 rings (SSSR count). The largest absolute Gasteiger partial charge is 0.497 e. The second-order valence-corrected chi connectivity index (χ2v) is 6.33. The highest BCUT2D eigenvalue weighted by Crippen LogP contribution is 2.24. The number of hydrogen-bond donors (Lipinski definition) is 0. The first kappa shape index (κ1) is 17.4. The number of methoxy groups -OCH3 is 2. The van der Waals surface area contributed by atoms with Gasteiger partial charge in [-0.2, -0.15) is 0 Å². The molecular formula is C20H24N2O3. The van der Waals surface area contributed by atoms with Gasteiger partial charge in [-0.25, -0.2) is 0 Å². The maximum Gasteiger partial charge on any atom is 0.166 e. The van der Waals surface area contributed by atoms with Crippen LogP contribution in [0.5, 0.6) is 11.5 Å². The van der Waals surface area contributed by atoms with E-state index in [1.807, 2.05) is 36.4 Å². The van der Waals surface area contributed by atoms with E-state index in [-0.39, 0.29) is 11.7 Å². The van der Waals surface area contributed by atoms with Crippen LogP contribution in [0.25, 0.3) is 0 Å². The molecule has 0 amide bonds. The molecule has 0 bridgehead atoms. The molecule has 5 nitrogen and oxygen atoms in total. The van der Waals surface area contributed by atoms with E-state index in [4.69, 9.17) is 9.47 Å². The lowest BCUT2D eigenvalue weighted by atomic mass is 9.89. The van der Waals surface area contributed by atoms with Crippen molar-refractivity contribution in [3.63, 3.8) is 0 Å². The van der Waals surface area contributed by atoms with Crippen molar-refractivity contribution in [3.8, 4) is 11.5 Å². The zero-order valence-electron chi connectivity index (χ0n) is 14.8. The average Bonchev–Trinajstić information content (AvgIpc) is 2.69. The third kappa shape index (κ3) is 4.37. The number of likely N-dealkylation sites (tertiary alicyclic amines) is 1. The summed E-state index contributed by atoms with van der Waals surface area (Å²) in [6.07, 6.45) is 3.53. The molecule has 0 spiro atoms. The molecule has 0 saturated carbocycles. The Morgan fingerprint density at radius 1 is 1.04 bits per heavy atom. The number of carbonyl (C=O) groups is 1. The Balaban J connectivity index is 1.52. The van der Waals surface area contributed by atoms with Crippen LogP contribution in [0.4, 0.5) is 0 Å². The minimum Gasteiger partial charge on any atom is -0.497 e. The lowest BCUT2D eigenvalue weighted by Gasteiger charge is -2.31. The SMILES string of the molecule is COc1ccc(C(=O)C2CCN(Cc3ccc(OC)cn3)CC2)cc1. The van der Waals surface area contributed by atoms with Crippen molar-refractivity contribution in [1.29, 1.82) is 0 Å². The summed E-state index contributed by atoms with van der Waals surface area (Å²) in [5.74, 6) is 1.89. The minimum atomic E-state index is 0.105. The van der Waals surface area contributed by atoms with Crippen LogP contribution in [0.2, 0.25) is 0 Å². The number of ketones is 1. The van der Waals surface area contributed by atoms with Crippen molar-refractivity contribution in [3.05, 3.63) is 53.9 Å². The van der Waals surface area contributed by atoms with Gasteiger partial charge >= 0.3 is 0 Å². The number of aromatic nitrogens is 1. The number of hydrogen-bond acceptors (Lipinski definition) is 5. The molecule has 0 radical (unpaired) electrons. The van der Waals surface area contributed by atoms with E-state index in [9.17, 15) is 4.79 Å². The predicted octanol–water partition coefficient (Wildman–Crippen LogP) is 3.19. The summed E-state index contributed by atoms with van der Waals surface area (Å²) in [6, 6.07) is 11.3. The van der Waals surface area contributed by atoms with Gasteiger partial charge in [0.05, 0.1) is 26.1 Å². The van der Waals surface area contributed by atoms with Crippen LogP contribution >= 0.6 is 0 Å². The molecule has 25 heavy (non-hydrogen) atoms. The number of ether oxygens (including phenoxy) is 2. The van der Waals surface area contributed by atoms with Crippen LogP contribution in [0.1, 0.15) is 28.9 Å². The number of nitrogens with zero attached hydrogens (tertiary/aromatic N) is 2. The second kappa shape index (κ2) is 8.12.